The predicted octanol–water partition coefficient (Wildman–Crippen LogP) is 1.13. The molecule has 4 aromatic rings. The number of amides is 1. The number of aromatic nitrogens is 6. The second-order valence-corrected chi connectivity index (χ2v) is 8.52. The lowest BCUT2D eigenvalue weighted by Crippen LogP contribution is -2.47. The molecule has 1 amide bonds. The number of rotatable bonds is 5. The summed E-state index contributed by atoms with van der Waals surface area (Å²) < 4.78 is 25.2. The number of hydrogen-bond donors (Lipinski definition) is 2. The minimum absolute atomic E-state index is 0.334. The van der Waals surface area contributed by atoms with E-state index in [0.717, 1.165) is 5.56 Å². The molecule has 4 aromatic heterocycles. The van der Waals surface area contributed by atoms with Crippen LogP contribution in [0.2, 0.25) is 0 Å². The fourth-order valence-electron chi connectivity index (χ4n) is 3.62. The molecule has 0 bridgehead atoms. The van der Waals surface area contributed by atoms with Crippen molar-refractivity contribution in [3.63, 3.8) is 0 Å². The van der Waals surface area contributed by atoms with Crippen molar-refractivity contribution in [2.24, 2.45) is 0 Å². The zero-order valence-electron chi connectivity index (χ0n) is 17.7. The van der Waals surface area contributed by atoms with E-state index < -0.39 is 11.3 Å². The zero-order chi connectivity index (χ0) is 22.9. The van der Waals surface area contributed by atoms with E-state index in [4.69, 9.17) is 0 Å². The lowest BCUT2D eigenvalue weighted by Gasteiger charge is -2.32. The van der Waals surface area contributed by atoms with Gasteiger partial charge in [0.25, 0.3) is 5.91 Å². The molecule has 0 aromatic carbocycles. The quantitative estimate of drug-likeness (QED) is 0.417. The molecule has 0 spiro atoms. The number of aryl methyl sites for hydroxylation is 1. The SMILES string of the molecule is Cc1ccc(-n2nc(N3CCN(S(=O)O)CC3)cc2NC(=O)c2cnn3cccnc23)nc1. The number of nitrogens with zero attached hydrogens (tertiary/aromatic N) is 8. The largest absolute Gasteiger partial charge is 0.352 e. The monoisotopic (exact) mass is 467 g/mol. The molecule has 5 heterocycles. The first-order chi connectivity index (χ1) is 16.0. The second kappa shape index (κ2) is 8.69. The number of hydrogen-bond acceptors (Lipinski definition) is 7. The molecule has 1 unspecified atom stereocenters. The van der Waals surface area contributed by atoms with Gasteiger partial charge in [-0.05, 0) is 24.6 Å². The van der Waals surface area contributed by atoms with Crippen molar-refractivity contribution in [3.05, 3.63) is 60.2 Å². The second-order valence-electron chi connectivity index (χ2n) is 7.54. The standard InChI is InChI=1S/C20H21N9O3S/c1-14-3-4-16(22-12-14)29-17(11-18(25-29)26-7-9-27(10-8-26)33(31)32)24-20(30)15-13-23-28-6-2-5-21-19(15)28/h2-6,11-13H,7-10H2,1H3,(H,24,30)(H,31,32). The summed E-state index contributed by atoms with van der Waals surface area (Å²) in [6.45, 7) is 3.84. The maximum atomic E-state index is 13.1. The van der Waals surface area contributed by atoms with Crippen LogP contribution >= 0.6 is 0 Å². The van der Waals surface area contributed by atoms with Crippen LogP contribution in [0.5, 0.6) is 0 Å². The summed E-state index contributed by atoms with van der Waals surface area (Å²) in [5, 5.41) is 11.8. The van der Waals surface area contributed by atoms with E-state index in [-0.39, 0.29) is 5.91 Å². The van der Waals surface area contributed by atoms with Crippen LogP contribution in [-0.4, -0.2) is 74.5 Å². The van der Waals surface area contributed by atoms with Gasteiger partial charge >= 0.3 is 0 Å². The summed E-state index contributed by atoms with van der Waals surface area (Å²) in [5.74, 6) is 1.25. The smallest absolute Gasteiger partial charge is 0.262 e. The summed E-state index contributed by atoms with van der Waals surface area (Å²) in [6, 6.07) is 7.24. The van der Waals surface area contributed by atoms with Gasteiger partial charge in [0, 0.05) is 50.8 Å². The highest BCUT2D eigenvalue weighted by atomic mass is 32.2. The lowest BCUT2D eigenvalue weighted by molar-refractivity contribution is 0.102. The van der Waals surface area contributed by atoms with Crippen molar-refractivity contribution < 1.29 is 13.6 Å². The minimum atomic E-state index is -1.99. The highest BCUT2D eigenvalue weighted by Gasteiger charge is 2.24. The molecule has 0 saturated carbocycles. The molecule has 1 atom stereocenters. The molecule has 1 saturated heterocycles. The highest BCUT2D eigenvalue weighted by Crippen LogP contribution is 2.24. The maximum Gasteiger partial charge on any atom is 0.262 e. The third-order valence-electron chi connectivity index (χ3n) is 5.36. The van der Waals surface area contributed by atoms with Gasteiger partial charge in [-0.2, -0.15) is 14.1 Å². The topological polar surface area (TPSA) is 134 Å². The van der Waals surface area contributed by atoms with Crippen LogP contribution in [0, 0.1) is 6.92 Å². The van der Waals surface area contributed by atoms with Gasteiger partial charge in [0.2, 0.25) is 11.3 Å². The van der Waals surface area contributed by atoms with Gasteiger partial charge in [-0.1, -0.05) is 6.07 Å². The van der Waals surface area contributed by atoms with Gasteiger partial charge in [0.15, 0.2) is 17.3 Å². The molecule has 13 heteroatoms. The maximum absolute atomic E-state index is 13.1. The van der Waals surface area contributed by atoms with Crippen LogP contribution in [0.1, 0.15) is 15.9 Å². The Morgan fingerprint density at radius 1 is 1.12 bits per heavy atom. The third kappa shape index (κ3) is 4.20. The molecule has 0 aliphatic carbocycles. The van der Waals surface area contributed by atoms with E-state index in [1.54, 1.807) is 35.4 Å². The highest BCUT2D eigenvalue weighted by molar-refractivity contribution is 7.76. The first-order valence-corrected chi connectivity index (χ1v) is 11.3. The Morgan fingerprint density at radius 2 is 1.94 bits per heavy atom. The molecular formula is C20H21N9O3S. The molecule has 33 heavy (non-hydrogen) atoms. The number of fused-ring (bicyclic) bond motifs is 1. The average molecular weight is 468 g/mol. The van der Waals surface area contributed by atoms with Gasteiger partial charge in [-0.25, -0.2) is 18.7 Å². The van der Waals surface area contributed by atoms with E-state index in [9.17, 15) is 13.6 Å². The minimum Gasteiger partial charge on any atom is -0.352 e. The Balaban J connectivity index is 1.46. The van der Waals surface area contributed by atoms with Gasteiger partial charge in [0.05, 0.1) is 6.20 Å². The van der Waals surface area contributed by atoms with Crippen molar-refractivity contribution in [2.45, 2.75) is 6.92 Å². The Kier molecular flexibility index (Phi) is 5.58. The van der Waals surface area contributed by atoms with Crippen molar-refractivity contribution in [1.29, 1.82) is 0 Å². The molecule has 1 fully saturated rings. The summed E-state index contributed by atoms with van der Waals surface area (Å²) in [5.41, 5.74) is 1.78. The molecule has 5 rings (SSSR count). The van der Waals surface area contributed by atoms with Crippen molar-refractivity contribution in [2.75, 3.05) is 36.4 Å². The van der Waals surface area contributed by atoms with Crippen LogP contribution in [0.15, 0.2) is 49.1 Å². The van der Waals surface area contributed by atoms with Gasteiger partial charge < -0.3 is 10.2 Å². The summed E-state index contributed by atoms with van der Waals surface area (Å²) in [6.07, 6.45) is 6.52. The van der Waals surface area contributed by atoms with E-state index in [1.165, 1.54) is 15.0 Å². The van der Waals surface area contributed by atoms with Crippen molar-refractivity contribution in [3.8, 4) is 5.82 Å². The normalized spacial score (nSPS) is 15.6. The molecule has 2 N–H and O–H groups in total. The van der Waals surface area contributed by atoms with Crippen molar-refractivity contribution in [1.82, 2.24) is 33.7 Å². The molecule has 1 aliphatic rings. The number of pyridine rings is 1. The van der Waals surface area contributed by atoms with Crippen LogP contribution in [0.25, 0.3) is 11.5 Å². The third-order valence-corrected chi connectivity index (χ3v) is 6.17. The molecule has 12 nitrogen and oxygen atoms in total. The Hall–Kier alpha value is -3.68. The Morgan fingerprint density at radius 3 is 2.67 bits per heavy atom. The van der Waals surface area contributed by atoms with Gasteiger partial charge in [0.1, 0.15) is 11.4 Å². The number of piperazine rings is 1. The summed E-state index contributed by atoms with van der Waals surface area (Å²) >= 11 is -1.99. The number of anilines is 2. The van der Waals surface area contributed by atoms with E-state index >= 15 is 0 Å². The summed E-state index contributed by atoms with van der Waals surface area (Å²) in [7, 11) is 0. The first kappa shape index (κ1) is 21.2. The Labute approximate surface area is 191 Å². The number of carbonyl (C=O) groups is 1. The van der Waals surface area contributed by atoms with Crippen LogP contribution in [0.3, 0.4) is 0 Å². The van der Waals surface area contributed by atoms with E-state index in [2.05, 4.69) is 25.5 Å². The Bertz CT molecular complexity index is 1330. The average Bonchev–Trinajstić information content (AvgIpc) is 3.44. The summed E-state index contributed by atoms with van der Waals surface area (Å²) in [4.78, 5) is 23.8. The van der Waals surface area contributed by atoms with E-state index in [1.807, 2.05) is 24.0 Å². The van der Waals surface area contributed by atoms with Gasteiger partial charge in [-0.3, -0.25) is 9.35 Å². The fraction of sp³-hybridized carbons (Fsp3) is 0.250. The van der Waals surface area contributed by atoms with E-state index in [0.29, 0.717) is 54.8 Å². The van der Waals surface area contributed by atoms with Gasteiger partial charge in [-0.15, -0.1) is 5.10 Å². The van der Waals surface area contributed by atoms with Crippen LogP contribution in [0.4, 0.5) is 11.6 Å². The predicted molar refractivity (Wildman–Crippen MR) is 122 cm³/mol. The molecule has 170 valence electrons. The van der Waals surface area contributed by atoms with Crippen LogP contribution in [-0.2, 0) is 11.3 Å². The van der Waals surface area contributed by atoms with Crippen molar-refractivity contribution >= 4 is 34.5 Å². The lowest BCUT2D eigenvalue weighted by atomic mass is 10.3. The van der Waals surface area contributed by atoms with Crippen LogP contribution < -0.4 is 10.2 Å². The zero-order valence-corrected chi connectivity index (χ0v) is 18.5. The first-order valence-electron chi connectivity index (χ1n) is 10.2. The fourth-order valence-corrected chi connectivity index (χ4v) is 4.09. The number of carbonyl (C=O) groups excluding carboxylic acids is 1. The molecular weight excluding hydrogens is 446 g/mol. The molecule has 0 radical (unpaired) electrons. The number of nitrogens with one attached hydrogen (secondary N) is 1. The molecule has 1 aliphatic heterocycles.